The quantitative estimate of drug-likeness (QED) is 0.675. The van der Waals surface area contributed by atoms with E-state index in [0.29, 0.717) is 5.28 Å². The molecular weight excluding hydrogens is 174 g/mol. The van der Waals surface area contributed by atoms with Crippen LogP contribution < -0.4 is 0 Å². The third-order valence-corrected chi connectivity index (χ3v) is 1.92. The molecule has 1 heterocycles. The van der Waals surface area contributed by atoms with Crippen molar-refractivity contribution in [1.82, 2.24) is 14.8 Å². The molecule has 0 fully saturated rings. The molecule has 1 aromatic heterocycles. The molecule has 12 heavy (non-hydrogen) atoms. The van der Waals surface area contributed by atoms with E-state index in [0.717, 1.165) is 12.2 Å². The fraction of sp³-hybridized carbons (Fsp3) is 0.750. The third kappa shape index (κ3) is 1.61. The summed E-state index contributed by atoms with van der Waals surface area (Å²) >= 11 is 5.90. The fourth-order valence-corrected chi connectivity index (χ4v) is 1.58. The van der Waals surface area contributed by atoms with Gasteiger partial charge in [-0.05, 0) is 32.4 Å². The van der Waals surface area contributed by atoms with Crippen molar-refractivity contribution in [3.63, 3.8) is 0 Å². The second-order valence-corrected chi connectivity index (χ2v) is 4.08. The molecule has 0 unspecified atom stereocenters. The lowest BCUT2D eigenvalue weighted by atomic mass is 10.1. The highest BCUT2D eigenvalue weighted by Crippen LogP contribution is 2.21. The van der Waals surface area contributed by atoms with Gasteiger partial charge in [-0.25, -0.2) is 0 Å². The van der Waals surface area contributed by atoms with Gasteiger partial charge >= 0.3 is 0 Å². The van der Waals surface area contributed by atoms with Crippen LogP contribution in [0.25, 0.3) is 0 Å². The van der Waals surface area contributed by atoms with Gasteiger partial charge in [0.2, 0.25) is 5.28 Å². The lowest BCUT2D eigenvalue weighted by Gasteiger charge is -2.22. The Balaban J connectivity index is 3.19. The SMILES string of the molecule is CCc1nnc(Cl)n1C(C)(C)C. The van der Waals surface area contributed by atoms with Crippen molar-refractivity contribution in [2.24, 2.45) is 0 Å². The normalized spacial score (nSPS) is 12.1. The minimum atomic E-state index is -0.0358. The Morgan fingerprint density at radius 3 is 2.25 bits per heavy atom. The van der Waals surface area contributed by atoms with E-state index < -0.39 is 0 Å². The van der Waals surface area contributed by atoms with Crippen molar-refractivity contribution in [3.05, 3.63) is 11.1 Å². The molecule has 0 spiro atoms. The van der Waals surface area contributed by atoms with E-state index in [1.807, 2.05) is 11.5 Å². The molecule has 68 valence electrons. The van der Waals surface area contributed by atoms with Gasteiger partial charge in [-0.15, -0.1) is 10.2 Å². The third-order valence-electron chi connectivity index (χ3n) is 1.68. The van der Waals surface area contributed by atoms with Crippen LogP contribution in [-0.4, -0.2) is 14.8 Å². The molecule has 0 saturated carbocycles. The monoisotopic (exact) mass is 187 g/mol. The fourth-order valence-electron chi connectivity index (χ4n) is 1.19. The molecule has 3 nitrogen and oxygen atoms in total. The highest BCUT2D eigenvalue weighted by atomic mass is 35.5. The van der Waals surface area contributed by atoms with Gasteiger partial charge in [0, 0.05) is 12.0 Å². The Morgan fingerprint density at radius 1 is 1.33 bits per heavy atom. The molecule has 0 radical (unpaired) electrons. The summed E-state index contributed by atoms with van der Waals surface area (Å²) in [4.78, 5) is 0. The van der Waals surface area contributed by atoms with Crippen molar-refractivity contribution < 1.29 is 0 Å². The maximum atomic E-state index is 5.90. The molecule has 0 aromatic carbocycles. The predicted molar refractivity (Wildman–Crippen MR) is 49.4 cm³/mol. The molecule has 0 amide bonds. The summed E-state index contributed by atoms with van der Waals surface area (Å²) in [7, 11) is 0. The van der Waals surface area contributed by atoms with Gasteiger partial charge in [0.05, 0.1) is 0 Å². The zero-order valence-corrected chi connectivity index (χ0v) is 8.68. The van der Waals surface area contributed by atoms with E-state index in [2.05, 4.69) is 31.0 Å². The van der Waals surface area contributed by atoms with Crippen molar-refractivity contribution in [2.45, 2.75) is 39.7 Å². The Morgan fingerprint density at radius 2 is 1.92 bits per heavy atom. The Kier molecular flexibility index (Phi) is 2.42. The summed E-state index contributed by atoms with van der Waals surface area (Å²) in [6.07, 6.45) is 0.858. The smallest absolute Gasteiger partial charge is 0.225 e. The van der Waals surface area contributed by atoms with Crippen LogP contribution in [0.4, 0.5) is 0 Å². The van der Waals surface area contributed by atoms with Crippen molar-refractivity contribution in [1.29, 1.82) is 0 Å². The van der Waals surface area contributed by atoms with Crippen LogP contribution >= 0.6 is 11.6 Å². The van der Waals surface area contributed by atoms with Gasteiger partial charge in [0.25, 0.3) is 0 Å². The van der Waals surface area contributed by atoms with Crippen molar-refractivity contribution in [2.75, 3.05) is 0 Å². The first kappa shape index (κ1) is 9.52. The Labute approximate surface area is 77.8 Å². The minimum absolute atomic E-state index is 0.0358. The first-order valence-electron chi connectivity index (χ1n) is 4.07. The number of halogens is 1. The molecule has 1 rings (SSSR count). The topological polar surface area (TPSA) is 30.7 Å². The van der Waals surface area contributed by atoms with Crippen molar-refractivity contribution >= 4 is 11.6 Å². The summed E-state index contributed by atoms with van der Waals surface area (Å²) in [6, 6.07) is 0. The number of aromatic nitrogens is 3. The summed E-state index contributed by atoms with van der Waals surface area (Å²) in [5.41, 5.74) is -0.0358. The zero-order chi connectivity index (χ0) is 9.35. The Bertz CT molecular complexity index is 272. The van der Waals surface area contributed by atoms with Crippen LogP contribution in [0.2, 0.25) is 5.28 Å². The van der Waals surface area contributed by atoms with Crippen LogP contribution in [-0.2, 0) is 12.0 Å². The lowest BCUT2D eigenvalue weighted by Crippen LogP contribution is -2.24. The number of rotatable bonds is 1. The molecule has 0 saturated heterocycles. The largest absolute Gasteiger partial charge is 0.296 e. The van der Waals surface area contributed by atoms with Crippen LogP contribution in [0.1, 0.15) is 33.5 Å². The number of nitrogens with zero attached hydrogens (tertiary/aromatic N) is 3. The standard InChI is InChI=1S/C8H14ClN3/c1-5-6-10-11-7(9)12(6)8(2,3)4/h5H2,1-4H3. The first-order chi connectivity index (χ1) is 5.46. The molecule has 0 bridgehead atoms. The van der Waals surface area contributed by atoms with Gasteiger partial charge in [0.15, 0.2) is 0 Å². The Hall–Kier alpha value is -0.570. The molecule has 0 aliphatic rings. The maximum Gasteiger partial charge on any atom is 0.225 e. The van der Waals surface area contributed by atoms with E-state index in [4.69, 9.17) is 11.6 Å². The van der Waals surface area contributed by atoms with Gasteiger partial charge in [-0.3, -0.25) is 4.57 Å². The molecule has 0 atom stereocenters. The van der Waals surface area contributed by atoms with Gasteiger partial charge < -0.3 is 0 Å². The molecule has 4 heteroatoms. The number of hydrogen-bond donors (Lipinski definition) is 0. The van der Waals surface area contributed by atoms with E-state index in [-0.39, 0.29) is 5.54 Å². The zero-order valence-electron chi connectivity index (χ0n) is 7.93. The lowest BCUT2D eigenvalue weighted by molar-refractivity contribution is 0.383. The number of hydrogen-bond acceptors (Lipinski definition) is 2. The summed E-state index contributed by atoms with van der Waals surface area (Å²) < 4.78 is 1.95. The minimum Gasteiger partial charge on any atom is -0.296 e. The molecule has 0 N–H and O–H groups in total. The summed E-state index contributed by atoms with van der Waals surface area (Å²) in [6.45, 7) is 8.30. The van der Waals surface area contributed by atoms with Crippen LogP contribution in [0.3, 0.4) is 0 Å². The predicted octanol–water partition coefficient (Wildman–Crippen LogP) is 2.25. The van der Waals surface area contributed by atoms with E-state index in [1.165, 1.54) is 0 Å². The van der Waals surface area contributed by atoms with Gasteiger partial charge in [-0.2, -0.15) is 0 Å². The second-order valence-electron chi connectivity index (χ2n) is 3.75. The molecule has 0 aliphatic heterocycles. The maximum absolute atomic E-state index is 5.90. The summed E-state index contributed by atoms with van der Waals surface area (Å²) in [5, 5.41) is 8.29. The van der Waals surface area contributed by atoms with E-state index in [1.54, 1.807) is 0 Å². The van der Waals surface area contributed by atoms with E-state index in [9.17, 15) is 0 Å². The molecular formula is C8H14ClN3. The molecule has 1 aromatic rings. The van der Waals surface area contributed by atoms with Crippen LogP contribution in [0, 0.1) is 0 Å². The molecule has 0 aliphatic carbocycles. The highest BCUT2D eigenvalue weighted by molar-refractivity contribution is 6.28. The van der Waals surface area contributed by atoms with Crippen LogP contribution in [0.15, 0.2) is 0 Å². The average molecular weight is 188 g/mol. The number of aryl methyl sites for hydroxylation is 1. The van der Waals surface area contributed by atoms with Gasteiger partial charge in [-0.1, -0.05) is 6.92 Å². The van der Waals surface area contributed by atoms with Gasteiger partial charge in [0.1, 0.15) is 5.82 Å². The van der Waals surface area contributed by atoms with E-state index >= 15 is 0 Å². The van der Waals surface area contributed by atoms with Crippen molar-refractivity contribution in [3.8, 4) is 0 Å². The average Bonchev–Trinajstić information content (AvgIpc) is 2.29. The first-order valence-corrected chi connectivity index (χ1v) is 4.45. The second kappa shape index (κ2) is 3.05. The van der Waals surface area contributed by atoms with Crippen LogP contribution in [0.5, 0.6) is 0 Å². The summed E-state index contributed by atoms with van der Waals surface area (Å²) in [5.74, 6) is 0.938. The highest BCUT2D eigenvalue weighted by Gasteiger charge is 2.20.